The Bertz CT molecular complexity index is 852. The van der Waals surface area contributed by atoms with E-state index >= 15 is 0 Å². The van der Waals surface area contributed by atoms with E-state index in [9.17, 15) is 13.2 Å². The highest BCUT2D eigenvalue weighted by atomic mass is 32.2. The number of hydrogen-bond donors (Lipinski definition) is 2. The van der Waals surface area contributed by atoms with Crippen LogP contribution in [0.5, 0.6) is 0 Å². The van der Waals surface area contributed by atoms with Gasteiger partial charge in [0.15, 0.2) is 0 Å². The molecule has 0 heterocycles. The normalized spacial score (nSPS) is 12.7. The molecule has 0 saturated heterocycles. The molecule has 0 unspecified atom stereocenters. The molecular weight excluding hydrogens is 362 g/mol. The van der Waals surface area contributed by atoms with Crippen LogP contribution >= 0.6 is 0 Å². The molecule has 0 radical (unpaired) electrons. The zero-order valence-electron chi connectivity index (χ0n) is 16.0. The van der Waals surface area contributed by atoms with Gasteiger partial charge in [-0.25, -0.2) is 13.1 Å². The summed E-state index contributed by atoms with van der Waals surface area (Å²) in [4.78, 5) is 14.4. The van der Waals surface area contributed by atoms with E-state index in [0.29, 0.717) is 6.54 Å². The van der Waals surface area contributed by atoms with E-state index in [1.165, 1.54) is 6.07 Å². The fraction of sp³-hybridized carbons (Fsp3) is 0.350. The van der Waals surface area contributed by atoms with Crippen molar-refractivity contribution in [3.05, 3.63) is 65.7 Å². The Morgan fingerprint density at radius 3 is 2.41 bits per heavy atom. The molecule has 0 aliphatic rings. The monoisotopic (exact) mass is 389 g/mol. The van der Waals surface area contributed by atoms with Crippen molar-refractivity contribution in [3.8, 4) is 0 Å². The lowest BCUT2D eigenvalue weighted by atomic mass is 10.1. The molecule has 1 amide bonds. The van der Waals surface area contributed by atoms with Crippen LogP contribution in [0.15, 0.2) is 59.5 Å². The number of nitrogens with zero attached hydrogens (tertiary/aromatic N) is 1. The van der Waals surface area contributed by atoms with Gasteiger partial charge < -0.3 is 10.2 Å². The van der Waals surface area contributed by atoms with E-state index in [4.69, 9.17) is 0 Å². The van der Waals surface area contributed by atoms with Gasteiger partial charge in [0.1, 0.15) is 0 Å². The van der Waals surface area contributed by atoms with Gasteiger partial charge in [-0.05, 0) is 44.3 Å². The van der Waals surface area contributed by atoms with Crippen LogP contribution in [0.25, 0.3) is 0 Å². The Morgan fingerprint density at radius 1 is 1.07 bits per heavy atom. The Kier molecular flexibility index (Phi) is 7.53. The summed E-state index contributed by atoms with van der Waals surface area (Å²) in [5.74, 6) is -0.190. The first kappa shape index (κ1) is 21.1. The maximum absolute atomic E-state index is 12.3. The summed E-state index contributed by atoms with van der Waals surface area (Å²) in [7, 11) is 0.312. The van der Waals surface area contributed by atoms with Crippen LogP contribution in [0, 0.1) is 6.92 Å². The van der Waals surface area contributed by atoms with E-state index in [-0.39, 0.29) is 29.8 Å². The highest BCUT2D eigenvalue weighted by molar-refractivity contribution is 7.89. The predicted molar refractivity (Wildman–Crippen MR) is 107 cm³/mol. The second-order valence-corrected chi connectivity index (χ2v) is 8.43. The SMILES string of the molecule is Cc1cccc(S(=O)(=O)NCCC(=O)NC[C@@H](c2ccccc2)N(C)C)c1. The third-order valence-corrected chi connectivity index (χ3v) is 5.70. The first-order chi connectivity index (χ1) is 12.8. The van der Waals surface area contributed by atoms with Crippen molar-refractivity contribution in [3.63, 3.8) is 0 Å². The summed E-state index contributed by atoms with van der Waals surface area (Å²) in [6.07, 6.45) is 0.0833. The molecule has 0 aromatic heterocycles. The summed E-state index contributed by atoms with van der Waals surface area (Å²) in [5.41, 5.74) is 1.98. The summed E-state index contributed by atoms with van der Waals surface area (Å²) < 4.78 is 27.0. The topological polar surface area (TPSA) is 78.5 Å². The quantitative estimate of drug-likeness (QED) is 0.688. The van der Waals surface area contributed by atoms with E-state index in [1.54, 1.807) is 12.1 Å². The van der Waals surface area contributed by atoms with Crippen molar-refractivity contribution in [2.75, 3.05) is 27.2 Å². The van der Waals surface area contributed by atoms with Crippen molar-refractivity contribution >= 4 is 15.9 Å². The molecule has 2 aromatic rings. The molecule has 146 valence electrons. The van der Waals surface area contributed by atoms with Gasteiger partial charge in [-0.15, -0.1) is 0 Å². The number of carbonyl (C=O) groups excluding carboxylic acids is 1. The lowest BCUT2D eigenvalue weighted by Gasteiger charge is -2.25. The molecule has 0 bridgehead atoms. The Labute approximate surface area is 161 Å². The van der Waals surface area contributed by atoms with E-state index in [1.807, 2.05) is 62.3 Å². The van der Waals surface area contributed by atoms with Gasteiger partial charge in [0.25, 0.3) is 0 Å². The summed E-state index contributed by atoms with van der Waals surface area (Å²) in [5, 5.41) is 2.88. The van der Waals surface area contributed by atoms with Crippen LogP contribution in [0.2, 0.25) is 0 Å². The fourth-order valence-electron chi connectivity index (χ4n) is 2.74. The van der Waals surface area contributed by atoms with E-state index in [2.05, 4.69) is 10.0 Å². The van der Waals surface area contributed by atoms with Crippen LogP contribution in [-0.2, 0) is 14.8 Å². The number of amides is 1. The number of benzene rings is 2. The molecule has 27 heavy (non-hydrogen) atoms. The highest BCUT2D eigenvalue weighted by Gasteiger charge is 2.16. The summed E-state index contributed by atoms with van der Waals surface area (Å²) in [6, 6.07) is 16.7. The number of rotatable bonds is 9. The van der Waals surface area contributed by atoms with E-state index in [0.717, 1.165) is 11.1 Å². The fourth-order valence-corrected chi connectivity index (χ4v) is 3.87. The van der Waals surface area contributed by atoms with Gasteiger partial charge in [0, 0.05) is 19.5 Å². The minimum atomic E-state index is -3.60. The average Bonchev–Trinajstić information content (AvgIpc) is 2.62. The van der Waals surface area contributed by atoms with Gasteiger partial charge in [-0.2, -0.15) is 0 Å². The van der Waals surface area contributed by atoms with E-state index < -0.39 is 10.0 Å². The predicted octanol–water partition coefficient (Wildman–Crippen LogP) is 2.08. The molecule has 6 nitrogen and oxygen atoms in total. The van der Waals surface area contributed by atoms with Crippen LogP contribution in [-0.4, -0.2) is 46.4 Å². The first-order valence-corrected chi connectivity index (χ1v) is 10.3. The van der Waals surface area contributed by atoms with Gasteiger partial charge in [-0.3, -0.25) is 4.79 Å². The van der Waals surface area contributed by atoms with Gasteiger partial charge >= 0.3 is 0 Å². The van der Waals surface area contributed by atoms with Crippen LogP contribution in [0.1, 0.15) is 23.6 Å². The molecule has 0 aliphatic carbocycles. The molecule has 2 rings (SSSR count). The van der Waals surface area contributed by atoms with Crippen molar-refractivity contribution < 1.29 is 13.2 Å². The maximum Gasteiger partial charge on any atom is 0.240 e. The zero-order valence-corrected chi connectivity index (χ0v) is 16.8. The maximum atomic E-state index is 12.3. The molecule has 1 atom stereocenters. The summed E-state index contributed by atoms with van der Waals surface area (Å²) in [6.45, 7) is 2.35. The van der Waals surface area contributed by atoms with Gasteiger partial charge in [-0.1, -0.05) is 42.5 Å². The van der Waals surface area contributed by atoms with Crippen molar-refractivity contribution in [2.45, 2.75) is 24.3 Å². The molecule has 0 saturated carbocycles. The molecule has 7 heteroatoms. The Balaban J connectivity index is 1.83. The molecule has 2 N–H and O–H groups in total. The van der Waals surface area contributed by atoms with Crippen LogP contribution in [0.3, 0.4) is 0 Å². The van der Waals surface area contributed by atoms with Crippen molar-refractivity contribution in [1.29, 1.82) is 0 Å². The van der Waals surface area contributed by atoms with Gasteiger partial charge in [0.2, 0.25) is 15.9 Å². The zero-order chi connectivity index (χ0) is 19.9. The molecule has 2 aromatic carbocycles. The lowest BCUT2D eigenvalue weighted by molar-refractivity contribution is -0.121. The highest BCUT2D eigenvalue weighted by Crippen LogP contribution is 2.16. The largest absolute Gasteiger partial charge is 0.354 e. The number of sulfonamides is 1. The molecular formula is C20H27N3O3S. The third kappa shape index (κ3) is 6.46. The lowest BCUT2D eigenvalue weighted by Crippen LogP contribution is -2.36. The first-order valence-electron chi connectivity index (χ1n) is 8.84. The number of nitrogens with one attached hydrogen (secondary N) is 2. The number of hydrogen-bond acceptors (Lipinski definition) is 4. The summed E-state index contributed by atoms with van der Waals surface area (Å²) >= 11 is 0. The smallest absolute Gasteiger partial charge is 0.240 e. The third-order valence-electron chi connectivity index (χ3n) is 4.24. The van der Waals surface area contributed by atoms with Crippen LogP contribution < -0.4 is 10.0 Å². The average molecular weight is 390 g/mol. The number of aryl methyl sites for hydroxylation is 1. The number of likely N-dealkylation sites (N-methyl/N-ethyl adjacent to an activating group) is 1. The van der Waals surface area contributed by atoms with Crippen LogP contribution in [0.4, 0.5) is 0 Å². The van der Waals surface area contributed by atoms with Gasteiger partial charge in [0.05, 0.1) is 10.9 Å². The minimum Gasteiger partial charge on any atom is -0.354 e. The Hall–Kier alpha value is -2.22. The minimum absolute atomic E-state index is 0.0548. The standard InChI is InChI=1S/C20H27N3O3S/c1-16-8-7-11-18(14-16)27(25,26)22-13-12-20(24)21-15-19(23(2)3)17-9-5-4-6-10-17/h4-11,14,19,22H,12-13,15H2,1-3H3,(H,21,24)/t19-/m0/s1. The van der Waals surface area contributed by atoms with Crippen molar-refractivity contribution in [1.82, 2.24) is 14.9 Å². The second kappa shape index (κ2) is 9.64. The molecule has 0 spiro atoms. The molecule has 0 aliphatic heterocycles. The number of carbonyl (C=O) groups is 1. The Morgan fingerprint density at radius 2 is 1.78 bits per heavy atom. The van der Waals surface area contributed by atoms with Crippen molar-refractivity contribution in [2.24, 2.45) is 0 Å². The molecule has 0 fully saturated rings. The second-order valence-electron chi connectivity index (χ2n) is 6.66.